The minimum Gasteiger partial charge on any atom is -0.0683 e. The van der Waals surface area contributed by atoms with Gasteiger partial charge in [-0.15, -0.1) is 0 Å². The summed E-state index contributed by atoms with van der Waals surface area (Å²) in [7, 11) is 0. The highest BCUT2D eigenvalue weighted by Gasteiger charge is 2.37. The van der Waals surface area contributed by atoms with Gasteiger partial charge in [0.2, 0.25) is 13.4 Å². The number of hydrogen-bond acceptors (Lipinski definition) is 0. The molecule has 0 radical (unpaired) electrons. The van der Waals surface area contributed by atoms with E-state index in [2.05, 4.69) is 206 Å². The first-order chi connectivity index (χ1) is 28.9. The van der Waals surface area contributed by atoms with Crippen LogP contribution in [0.15, 0.2) is 109 Å². The average Bonchev–Trinajstić information content (AvgIpc) is 3.17. The Morgan fingerprint density at radius 3 is 1.16 bits per heavy atom. The van der Waals surface area contributed by atoms with Crippen molar-refractivity contribution in [1.29, 1.82) is 0 Å². The number of hydrogen-bond donors (Lipinski definition) is 0. The maximum Gasteiger partial charge on any atom is 0.242 e. The van der Waals surface area contributed by atoms with Gasteiger partial charge in [-0.2, -0.15) is 0 Å². The average molecular weight is 791 g/mol. The molecule has 0 atom stereocenters. The van der Waals surface area contributed by atoms with Gasteiger partial charge in [0.05, 0.1) is 0 Å². The highest BCUT2D eigenvalue weighted by molar-refractivity contribution is 6.97. The zero-order valence-corrected chi connectivity index (χ0v) is 39.0. The van der Waals surface area contributed by atoms with Crippen LogP contribution in [-0.2, 0) is 5.41 Å². The standard InChI is InChI=1S/C59H60B2/c1-33-22-37(5)55(38(6)23-33)60(56-39(7)24-34(2)25-40(56)8)46-19-18-45-30-51-48-21-20-47(32-53(48)59(13,14)52-17-15-16-49(54(51)52)50(45)31-46)61(57-41(9)26-35(3)27-42(57)10)58-43(11)28-36(4)29-44(58)12/h15-32H,1-14H3. The summed E-state index contributed by atoms with van der Waals surface area (Å²) in [6.45, 7) is 32.5. The SMILES string of the molecule is Cc1cc(C)c(B(c2ccc3c(c2)C(C)(C)c2cccc4c2c-3cc2ccc(B(c3c(C)cc(C)cc3C)c3c(C)cc(C)cc3C)cc24)c2c(C)cc(C)cc2C)c(C)c1. The second-order valence-corrected chi connectivity index (χ2v) is 19.7. The van der Waals surface area contributed by atoms with Crippen LogP contribution in [0.2, 0.25) is 0 Å². The van der Waals surface area contributed by atoms with Gasteiger partial charge in [0.1, 0.15) is 0 Å². The van der Waals surface area contributed by atoms with Gasteiger partial charge < -0.3 is 0 Å². The van der Waals surface area contributed by atoms with Gasteiger partial charge in [0.15, 0.2) is 0 Å². The first-order valence-electron chi connectivity index (χ1n) is 22.4. The third kappa shape index (κ3) is 6.61. The lowest BCUT2D eigenvalue weighted by Gasteiger charge is -2.36. The van der Waals surface area contributed by atoms with Gasteiger partial charge >= 0.3 is 0 Å². The highest BCUT2D eigenvalue weighted by Crippen LogP contribution is 2.50. The Bertz CT molecular complexity index is 2930. The third-order valence-corrected chi connectivity index (χ3v) is 14.5. The van der Waals surface area contributed by atoms with Crippen molar-refractivity contribution in [3.8, 4) is 11.1 Å². The van der Waals surface area contributed by atoms with Crippen LogP contribution >= 0.6 is 0 Å². The van der Waals surface area contributed by atoms with E-state index in [0.717, 1.165) is 0 Å². The summed E-state index contributed by atoms with van der Waals surface area (Å²) in [6.07, 6.45) is 0. The van der Waals surface area contributed by atoms with Crippen LogP contribution in [0.3, 0.4) is 0 Å². The van der Waals surface area contributed by atoms with E-state index in [1.165, 1.54) is 143 Å². The van der Waals surface area contributed by atoms with Gasteiger partial charge in [0.25, 0.3) is 0 Å². The second kappa shape index (κ2) is 14.8. The summed E-state index contributed by atoms with van der Waals surface area (Å²) in [5.74, 6) is 0. The molecular weight excluding hydrogens is 730 g/mol. The Hall–Kier alpha value is -5.59. The first-order valence-corrected chi connectivity index (χ1v) is 22.4. The normalized spacial score (nSPS) is 12.9. The van der Waals surface area contributed by atoms with Crippen molar-refractivity contribution in [3.05, 3.63) is 187 Å². The first kappa shape index (κ1) is 40.8. The molecule has 1 aliphatic rings. The van der Waals surface area contributed by atoms with Crippen molar-refractivity contribution in [3.63, 3.8) is 0 Å². The van der Waals surface area contributed by atoms with E-state index in [1.807, 2.05) is 0 Å². The van der Waals surface area contributed by atoms with Crippen molar-refractivity contribution in [2.45, 2.75) is 102 Å². The molecule has 0 nitrogen and oxygen atoms in total. The molecule has 0 spiro atoms. The number of rotatable bonds is 6. The van der Waals surface area contributed by atoms with E-state index < -0.39 is 0 Å². The molecule has 1 aliphatic carbocycles. The fraction of sp³-hybridized carbons (Fsp3) is 0.254. The van der Waals surface area contributed by atoms with Crippen LogP contribution < -0.4 is 32.8 Å². The molecule has 0 bridgehead atoms. The number of fused-ring (bicyclic) bond motifs is 4. The smallest absolute Gasteiger partial charge is 0.0683 e. The Balaban J connectivity index is 1.28. The van der Waals surface area contributed by atoms with Crippen molar-refractivity contribution < 1.29 is 0 Å². The van der Waals surface area contributed by atoms with Gasteiger partial charge in [0, 0.05) is 5.41 Å². The maximum atomic E-state index is 2.58. The number of benzene rings is 8. The predicted molar refractivity (Wildman–Crippen MR) is 271 cm³/mol. The van der Waals surface area contributed by atoms with E-state index in [1.54, 1.807) is 0 Å². The maximum absolute atomic E-state index is 2.58. The molecule has 9 rings (SSSR count). The van der Waals surface area contributed by atoms with Crippen molar-refractivity contribution in [2.24, 2.45) is 0 Å². The van der Waals surface area contributed by atoms with E-state index in [0.29, 0.717) is 0 Å². The van der Waals surface area contributed by atoms with Crippen LogP contribution in [0.4, 0.5) is 0 Å². The molecule has 0 fully saturated rings. The summed E-state index contributed by atoms with van der Waals surface area (Å²) in [6, 6.07) is 43.4. The lowest BCUT2D eigenvalue weighted by Crippen LogP contribution is -2.56. The molecule has 0 amide bonds. The van der Waals surface area contributed by atoms with Crippen LogP contribution in [0.5, 0.6) is 0 Å². The third-order valence-electron chi connectivity index (χ3n) is 14.5. The largest absolute Gasteiger partial charge is 0.242 e. The molecule has 8 aromatic carbocycles. The van der Waals surface area contributed by atoms with E-state index in [9.17, 15) is 0 Å². The molecule has 0 heterocycles. The van der Waals surface area contributed by atoms with Gasteiger partial charge in [-0.3, -0.25) is 0 Å². The summed E-state index contributed by atoms with van der Waals surface area (Å²) < 4.78 is 0. The molecule has 0 saturated carbocycles. The Kier molecular flexibility index (Phi) is 9.90. The Labute approximate surface area is 366 Å². The fourth-order valence-corrected chi connectivity index (χ4v) is 12.3. The molecule has 0 aromatic heterocycles. The van der Waals surface area contributed by atoms with Crippen LogP contribution in [-0.4, -0.2) is 13.4 Å². The van der Waals surface area contributed by atoms with Gasteiger partial charge in [-0.25, -0.2) is 0 Å². The van der Waals surface area contributed by atoms with Crippen LogP contribution in [0, 0.1) is 83.1 Å². The zero-order chi connectivity index (χ0) is 43.4. The fourth-order valence-electron chi connectivity index (χ4n) is 12.3. The topological polar surface area (TPSA) is 0 Å². The van der Waals surface area contributed by atoms with Gasteiger partial charge in [-0.1, -0.05) is 217 Å². The van der Waals surface area contributed by atoms with E-state index in [-0.39, 0.29) is 18.8 Å². The van der Waals surface area contributed by atoms with Gasteiger partial charge in [-0.05, 0) is 133 Å². The Morgan fingerprint density at radius 1 is 0.344 bits per heavy atom. The summed E-state index contributed by atoms with van der Waals surface area (Å²) in [4.78, 5) is 0. The lowest BCUT2D eigenvalue weighted by molar-refractivity contribution is 0.646. The van der Waals surface area contributed by atoms with Crippen LogP contribution in [0.25, 0.3) is 32.7 Å². The lowest BCUT2D eigenvalue weighted by atomic mass is 9.34. The predicted octanol–water partition coefficient (Wildman–Crippen LogP) is 11.0. The molecular formula is C59H60B2. The van der Waals surface area contributed by atoms with Crippen molar-refractivity contribution >= 4 is 67.7 Å². The number of aryl methyl sites for hydroxylation is 12. The summed E-state index contributed by atoms with van der Waals surface area (Å²) in [5.41, 5.74) is 29.9. The zero-order valence-electron chi connectivity index (χ0n) is 39.0. The molecule has 0 unspecified atom stereocenters. The molecule has 302 valence electrons. The van der Waals surface area contributed by atoms with E-state index in [4.69, 9.17) is 0 Å². The Morgan fingerprint density at radius 2 is 0.738 bits per heavy atom. The molecule has 0 aliphatic heterocycles. The molecule has 8 aromatic rings. The summed E-state index contributed by atoms with van der Waals surface area (Å²) >= 11 is 0. The minimum absolute atomic E-state index is 0.126. The summed E-state index contributed by atoms with van der Waals surface area (Å²) in [5, 5.41) is 5.37. The van der Waals surface area contributed by atoms with Crippen molar-refractivity contribution in [2.75, 3.05) is 0 Å². The molecule has 61 heavy (non-hydrogen) atoms. The highest BCUT2D eigenvalue weighted by atomic mass is 14.4. The molecule has 0 N–H and O–H groups in total. The monoisotopic (exact) mass is 790 g/mol. The second-order valence-electron chi connectivity index (χ2n) is 19.7. The quantitative estimate of drug-likeness (QED) is 0.116. The minimum atomic E-state index is -0.211. The van der Waals surface area contributed by atoms with Crippen molar-refractivity contribution in [1.82, 2.24) is 0 Å². The van der Waals surface area contributed by atoms with E-state index >= 15 is 0 Å². The van der Waals surface area contributed by atoms with Crippen LogP contribution in [0.1, 0.15) is 91.7 Å². The molecule has 0 saturated heterocycles. The molecule has 2 heteroatoms.